The van der Waals surface area contributed by atoms with Crippen LogP contribution < -0.4 is 9.47 Å². The standard InChI is InChI=1S/C16H17BrO3/c1-18-15-5-3-4-12(8-15)10-20-11-13-9-14(17)6-7-16(13)19-2/h3-9H,10-11H2,1-2H3. The summed E-state index contributed by atoms with van der Waals surface area (Å²) < 4.78 is 17.3. The molecule has 106 valence electrons. The number of benzene rings is 2. The van der Waals surface area contributed by atoms with E-state index in [1.54, 1.807) is 14.2 Å². The van der Waals surface area contributed by atoms with Crippen LogP contribution in [0.15, 0.2) is 46.9 Å². The molecule has 0 saturated carbocycles. The van der Waals surface area contributed by atoms with Crippen molar-refractivity contribution in [2.45, 2.75) is 13.2 Å². The average Bonchev–Trinajstić information content (AvgIpc) is 2.48. The summed E-state index contributed by atoms with van der Waals surface area (Å²) in [7, 11) is 3.32. The Bertz CT molecular complexity index is 569. The summed E-state index contributed by atoms with van der Waals surface area (Å²) in [4.78, 5) is 0. The Balaban J connectivity index is 1.97. The average molecular weight is 337 g/mol. The van der Waals surface area contributed by atoms with Crippen LogP contribution in [0.4, 0.5) is 0 Å². The van der Waals surface area contributed by atoms with Crippen LogP contribution in [0.3, 0.4) is 0 Å². The number of hydrogen-bond acceptors (Lipinski definition) is 3. The molecule has 20 heavy (non-hydrogen) atoms. The van der Waals surface area contributed by atoms with Crippen LogP contribution in [0.5, 0.6) is 11.5 Å². The summed E-state index contributed by atoms with van der Waals surface area (Å²) in [5.74, 6) is 1.67. The molecule has 0 amide bonds. The zero-order valence-corrected chi connectivity index (χ0v) is 13.1. The molecule has 3 nitrogen and oxygen atoms in total. The van der Waals surface area contributed by atoms with Crippen molar-refractivity contribution in [2.75, 3.05) is 14.2 Å². The third-order valence-electron chi connectivity index (χ3n) is 2.90. The molecule has 0 saturated heterocycles. The highest BCUT2D eigenvalue weighted by atomic mass is 79.9. The largest absolute Gasteiger partial charge is 0.497 e. The first-order valence-electron chi connectivity index (χ1n) is 6.26. The van der Waals surface area contributed by atoms with Gasteiger partial charge in [0.05, 0.1) is 27.4 Å². The van der Waals surface area contributed by atoms with Gasteiger partial charge in [0.15, 0.2) is 0 Å². The lowest BCUT2D eigenvalue weighted by atomic mass is 10.2. The van der Waals surface area contributed by atoms with E-state index < -0.39 is 0 Å². The quantitative estimate of drug-likeness (QED) is 0.791. The second-order valence-electron chi connectivity index (χ2n) is 4.30. The third-order valence-corrected chi connectivity index (χ3v) is 3.40. The molecule has 0 aliphatic carbocycles. The van der Waals surface area contributed by atoms with Gasteiger partial charge in [0.25, 0.3) is 0 Å². The molecule has 0 unspecified atom stereocenters. The lowest BCUT2D eigenvalue weighted by Crippen LogP contribution is -1.97. The zero-order valence-electron chi connectivity index (χ0n) is 11.6. The highest BCUT2D eigenvalue weighted by Gasteiger charge is 2.04. The van der Waals surface area contributed by atoms with Gasteiger partial charge < -0.3 is 14.2 Å². The lowest BCUT2D eigenvalue weighted by molar-refractivity contribution is 0.105. The van der Waals surface area contributed by atoms with Crippen LogP contribution in [0.1, 0.15) is 11.1 Å². The van der Waals surface area contributed by atoms with Gasteiger partial charge in [-0.3, -0.25) is 0 Å². The molecule has 2 aromatic carbocycles. The summed E-state index contributed by atoms with van der Waals surface area (Å²) in [6, 6.07) is 13.7. The molecule has 2 rings (SSSR count). The number of hydrogen-bond donors (Lipinski definition) is 0. The topological polar surface area (TPSA) is 27.7 Å². The molecule has 0 radical (unpaired) electrons. The maximum Gasteiger partial charge on any atom is 0.124 e. The third kappa shape index (κ3) is 3.99. The minimum atomic E-state index is 0.500. The van der Waals surface area contributed by atoms with E-state index in [1.165, 1.54) is 0 Å². The van der Waals surface area contributed by atoms with Crippen LogP contribution in [0.2, 0.25) is 0 Å². The van der Waals surface area contributed by atoms with Crippen LogP contribution in [-0.4, -0.2) is 14.2 Å². The molecule has 2 aromatic rings. The molecule has 0 bridgehead atoms. The van der Waals surface area contributed by atoms with Crippen molar-refractivity contribution in [3.8, 4) is 11.5 Å². The maximum atomic E-state index is 5.75. The highest BCUT2D eigenvalue weighted by Crippen LogP contribution is 2.24. The molecule has 0 aliphatic heterocycles. The van der Waals surface area contributed by atoms with E-state index in [1.807, 2.05) is 42.5 Å². The SMILES string of the molecule is COc1cccc(COCc2cc(Br)ccc2OC)c1. The first kappa shape index (κ1) is 14.9. The first-order chi connectivity index (χ1) is 9.72. The molecular formula is C16H17BrO3. The zero-order chi connectivity index (χ0) is 14.4. The lowest BCUT2D eigenvalue weighted by Gasteiger charge is -2.10. The van der Waals surface area contributed by atoms with E-state index in [2.05, 4.69) is 15.9 Å². The number of halogens is 1. The minimum absolute atomic E-state index is 0.500. The predicted molar refractivity (Wildman–Crippen MR) is 82.2 cm³/mol. The van der Waals surface area contributed by atoms with Crippen molar-refractivity contribution in [3.05, 3.63) is 58.1 Å². The van der Waals surface area contributed by atoms with E-state index in [0.29, 0.717) is 13.2 Å². The molecule has 4 heteroatoms. The van der Waals surface area contributed by atoms with Crippen LogP contribution in [-0.2, 0) is 18.0 Å². The summed E-state index contributed by atoms with van der Waals surface area (Å²) in [6.07, 6.45) is 0. The summed E-state index contributed by atoms with van der Waals surface area (Å²) in [5.41, 5.74) is 2.10. The Hall–Kier alpha value is -1.52. The fourth-order valence-corrected chi connectivity index (χ4v) is 2.31. The van der Waals surface area contributed by atoms with E-state index in [4.69, 9.17) is 14.2 Å². The van der Waals surface area contributed by atoms with Gasteiger partial charge in [0.1, 0.15) is 11.5 Å². The fraction of sp³-hybridized carbons (Fsp3) is 0.250. The van der Waals surface area contributed by atoms with Crippen molar-refractivity contribution in [3.63, 3.8) is 0 Å². The maximum absolute atomic E-state index is 5.75. The Morgan fingerprint density at radius 2 is 1.80 bits per heavy atom. The summed E-state index contributed by atoms with van der Waals surface area (Å²) in [5, 5.41) is 0. The van der Waals surface area contributed by atoms with Gasteiger partial charge in [-0.15, -0.1) is 0 Å². The van der Waals surface area contributed by atoms with Gasteiger partial charge in [0.2, 0.25) is 0 Å². The smallest absolute Gasteiger partial charge is 0.124 e. The molecule has 0 spiro atoms. The van der Waals surface area contributed by atoms with Crippen molar-refractivity contribution < 1.29 is 14.2 Å². The highest BCUT2D eigenvalue weighted by molar-refractivity contribution is 9.10. The second-order valence-corrected chi connectivity index (χ2v) is 5.22. The van der Waals surface area contributed by atoms with Gasteiger partial charge in [-0.1, -0.05) is 28.1 Å². The molecule has 0 atom stereocenters. The number of ether oxygens (including phenoxy) is 3. The van der Waals surface area contributed by atoms with Crippen molar-refractivity contribution in [1.29, 1.82) is 0 Å². The summed E-state index contributed by atoms with van der Waals surface area (Å²) >= 11 is 3.45. The second kappa shape index (κ2) is 7.31. The summed E-state index contributed by atoms with van der Waals surface area (Å²) in [6.45, 7) is 1.03. The van der Waals surface area contributed by atoms with Crippen molar-refractivity contribution in [2.24, 2.45) is 0 Å². The van der Waals surface area contributed by atoms with Gasteiger partial charge in [0, 0.05) is 10.0 Å². The Kier molecular flexibility index (Phi) is 5.44. The van der Waals surface area contributed by atoms with Crippen LogP contribution in [0.25, 0.3) is 0 Å². The van der Waals surface area contributed by atoms with Gasteiger partial charge in [-0.2, -0.15) is 0 Å². The van der Waals surface area contributed by atoms with E-state index in [0.717, 1.165) is 27.1 Å². The Morgan fingerprint density at radius 3 is 2.55 bits per heavy atom. The predicted octanol–water partition coefficient (Wildman–Crippen LogP) is 4.18. The molecule has 0 N–H and O–H groups in total. The minimum Gasteiger partial charge on any atom is -0.497 e. The monoisotopic (exact) mass is 336 g/mol. The van der Waals surface area contributed by atoms with Crippen LogP contribution in [0, 0.1) is 0 Å². The normalized spacial score (nSPS) is 10.3. The molecular weight excluding hydrogens is 320 g/mol. The molecule has 0 aromatic heterocycles. The van der Waals surface area contributed by atoms with Crippen molar-refractivity contribution in [1.82, 2.24) is 0 Å². The van der Waals surface area contributed by atoms with Gasteiger partial charge >= 0.3 is 0 Å². The molecule has 0 heterocycles. The van der Waals surface area contributed by atoms with Crippen molar-refractivity contribution >= 4 is 15.9 Å². The van der Waals surface area contributed by atoms with E-state index >= 15 is 0 Å². The van der Waals surface area contributed by atoms with Crippen LogP contribution >= 0.6 is 15.9 Å². The number of methoxy groups -OCH3 is 2. The van der Waals surface area contributed by atoms with E-state index in [9.17, 15) is 0 Å². The Morgan fingerprint density at radius 1 is 0.950 bits per heavy atom. The Labute approximate surface area is 127 Å². The molecule has 0 fully saturated rings. The van der Waals surface area contributed by atoms with E-state index in [-0.39, 0.29) is 0 Å². The number of rotatable bonds is 6. The molecule has 0 aliphatic rings. The first-order valence-corrected chi connectivity index (χ1v) is 7.05. The van der Waals surface area contributed by atoms with Gasteiger partial charge in [-0.05, 0) is 35.9 Å². The fourth-order valence-electron chi connectivity index (χ4n) is 1.90. The van der Waals surface area contributed by atoms with Gasteiger partial charge in [-0.25, -0.2) is 0 Å².